The van der Waals surface area contributed by atoms with Crippen LogP contribution in [0.15, 0.2) is 22.7 Å². The Morgan fingerprint density at radius 1 is 1.08 bits per heavy atom. The number of aromatic nitrogens is 1. The van der Waals surface area contributed by atoms with Gasteiger partial charge < -0.3 is 24.6 Å². The first kappa shape index (κ1) is 15.8. The van der Waals surface area contributed by atoms with E-state index in [1.807, 2.05) is 18.2 Å². The third-order valence-electron chi connectivity index (χ3n) is 4.54. The van der Waals surface area contributed by atoms with Crippen LogP contribution in [0.2, 0.25) is 0 Å². The average molecular weight is 343 g/mol. The Hall–Kier alpha value is -2.70. The quantitative estimate of drug-likeness (QED) is 0.890. The Morgan fingerprint density at radius 2 is 1.92 bits per heavy atom. The lowest BCUT2D eigenvalue weighted by Gasteiger charge is -2.21. The molecule has 1 aliphatic carbocycles. The summed E-state index contributed by atoms with van der Waals surface area (Å²) < 4.78 is 16.6. The molecule has 0 bridgehead atoms. The number of nitrogens with zero attached hydrogens (tertiary/aromatic N) is 1. The van der Waals surface area contributed by atoms with Crippen LogP contribution < -0.4 is 20.1 Å². The van der Waals surface area contributed by atoms with Gasteiger partial charge in [-0.1, -0.05) is 17.3 Å². The van der Waals surface area contributed by atoms with E-state index in [1.165, 1.54) is 0 Å². The van der Waals surface area contributed by atoms with Gasteiger partial charge in [0, 0.05) is 24.1 Å². The van der Waals surface area contributed by atoms with Gasteiger partial charge >= 0.3 is 6.03 Å². The predicted octanol–water partition coefficient (Wildman–Crippen LogP) is 2.32. The number of hydrogen-bond donors (Lipinski definition) is 2. The topological polar surface area (TPSA) is 85.6 Å². The first-order valence-electron chi connectivity index (χ1n) is 8.67. The molecule has 0 spiro atoms. The number of rotatable bonds is 4. The first-order chi connectivity index (χ1) is 12.3. The fourth-order valence-corrected chi connectivity index (χ4v) is 3.26. The molecule has 2 amide bonds. The third kappa shape index (κ3) is 3.40. The number of fused-ring (bicyclic) bond motifs is 2. The highest BCUT2D eigenvalue weighted by Gasteiger charge is 2.20. The van der Waals surface area contributed by atoms with E-state index in [0.717, 1.165) is 54.0 Å². The SMILES string of the molecule is O=C(NCc1cccc2c1OCCO2)NCc1noc2c1CCCC2. The van der Waals surface area contributed by atoms with Crippen molar-refractivity contribution >= 4 is 6.03 Å². The Morgan fingerprint density at radius 3 is 2.88 bits per heavy atom. The molecule has 0 fully saturated rings. The standard InChI is InChI=1S/C18H21N3O4/c22-18(20-11-14-13-5-1-2-6-15(13)25-21-14)19-10-12-4-3-7-16-17(12)24-9-8-23-16/h3-4,7H,1-2,5-6,8-11H2,(H2,19,20,22). The molecule has 1 aliphatic heterocycles. The molecule has 0 saturated heterocycles. The largest absolute Gasteiger partial charge is 0.486 e. The highest BCUT2D eigenvalue weighted by Crippen LogP contribution is 2.33. The van der Waals surface area contributed by atoms with Gasteiger partial charge in [0.2, 0.25) is 0 Å². The van der Waals surface area contributed by atoms with Crippen molar-refractivity contribution in [1.82, 2.24) is 15.8 Å². The lowest BCUT2D eigenvalue weighted by molar-refractivity contribution is 0.169. The van der Waals surface area contributed by atoms with E-state index in [4.69, 9.17) is 14.0 Å². The van der Waals surface area contributed by atoms with Crippen LogP contribution in [0.4, 0.5) is 4.79 Å². The zero-order valence-corrected chi connectivity index (χ0v) is 14.0. The molecule has 7 nitrogen and oxygen atoms in total. The lowest BCUT2D eigenvalue weighted by Crippen LogP contribution is -2.35. The average Bonchev–Trinajstić information content (AvgIpc) is 3.08. The van der Waals surface area contributed by atoms with Crippen molar-refractivity contribution in [3.63, 3.8) is 0 Å². The van der Waals surface area contributed by atoms with E-state index in [0.29, 0.717) is 32.1 Å². The van der Waals surface area contributed by atoms with Gasteiger partial charge in [0.25, 0.3) is 0 Å². The van der Waals surface area contributed by atoms with Crippen LogP contribution in [0.25, 0.3) is 0 Å². The summed E-state index contributed by atoms with van der Waals surface area (Å²) >= 11 is 0. The summed E-state index contributed by atoms with van der Waals surface area (Å²) in [6.07, 6.45) is 4.21. The number of amides is 2. The number of hydrogen-bond acceptors (Lipinski definition) is 5. The van der Waals surface area contributed by atoms with Crippen LogP contribution in [0.1, 0.15) is 35.4 Å². The Labute approximate surface area is 145 Å². The number of benzene rings is 1. The van der Waals surface area contributed by atoms with Crippen molar-refractivity contribution in [3.05, 3.63) is 40.8 Å². The molecule has 0 atom stereocenters. The smallest absolute Gasteiger partial charge is 0.315 e. The van der Waals surface area contributed by atoms with Crippen molar-refractivity contribution < 1.29 is 18.8 Å². The van der Waals surface area contributed by atoms with Crippen LogP contribution in [-0.2, 0) is 25.9 Å². The molecule has 2 aromatic rings. The van der Waals surface area contributed by atoms with Crippen LogP contribution in [0.5, 0.6) is 11.5 Å². The maximum Gasteiger partial charge on any atom is 0.315 e. The summed E-state index contributed by atoms with van der Waals surface area (Å²) in [7, 11) is 0. The molecule has 1 aromatic heterocycles. The van der Waals surface area contributed by atoms with Crippen molar-refractivity contribution in [3.8, 4) is 11.5 Å². The number of carbonyl (C=O) groups is 1. The predicted molar refractivity (Wildman–Crippen MR) is 89.7 cm³/mol. The zero-order chi connectivity index (χ0) is 17.1. The van der Waals surface area contributed by atoms with Gasteiger partial charge in [-0.25, -0.2) is 4.79 Å². The summed E-state index contributed by atoms with van der Waals surface area (Å²) in [5.41, 5.74) is 2.89. The molecule has 2 aliphatic rings. The molecule has 4 rings (SSSR count). The molecule has 25 heavy (non-hydrogen) atoms. The second-order valence-corrected chi connectivity index (χ2v) is 6.22. The summed E-state index contributed by atoms with van der Waals surface area (Å²) in [6.45, 7) is 1.81. The minimum atomic E-state index is -0.248. The van der Waals surface area contributed by atoms with E-state index in [2.05, 4.69) is 15.8 Å². The van der Waals surface area contributed by atoms with Gasteiger partial charge in [-0.15, -0.1) is 0 Å². The molecule has 0 radical (unpaired) electrons. The van der Waals surface area contributed by atoms with Gasteiger partial charge in [-0.3, -0.25) is 0 Å². The lowest BCUT2D eigenvalue weighted by atomic mass is 9.96. The van der Waals surface area contributed by atoms with E-state index < -0.39 is 0 Å². The highest BCUT2D eigenvalue weighted by atomic mass is 16.6. The molecule has 0 unspecified atom stereocenters. The molecular weight excluding hydrogens is 322 g/mol. The molecule has 0 saturated carbocycles. The number of para-hydroxylation sites is 1. The van der Waals surface area contributed by atoms with Crippen molar-refractivity contribution in [2.24, 2.45) is 0 Å². The number of urea groups is 1. The summed E-state index contributed by atoms with van der Waals surface area (Å²) in [4.78, 5) is 12.1. The van der Waals surface area contributed by atoms with Gasteiger partial charge in [0.15, 0.2) is 11.5 Å². The number of aryl methyl sites for hydroxylation is 1. The van der Waals surface area contributed by atoms with Gasteiger partial charge in [0.05, 0.1) is 6.54 Å². The van der Waals surface area contributed by atoms with Crippen molar-refractivity contribution in [1.29, 1.82) is 0 Å². The summed E-state index contributed by atoms with van der Waals surface area (Å²) in [5, 5.41) is 9.78. The van der Waals surface area contributed by atoms with Crippen LogP contribution in [-0.4, -0.2) is 24.4 Å². The van der Waals surface area contributed by atoms with Crippen LogP contribution in [0, 0.1) is 0 Å². The van der Waals surface area contributed by atoms with Crippen LogP contribution in [0.3, 0.4) is 0 Å². The van der Waals surface area contributed by atoms with E-state index in [-0.39, 0.29) is 6.03 Å². The second kappa shape index (κ2) is 7.04. The van der Waals surface area contributed by atoms with Crippen molar-refractivity contribution in [2.75, 3.05) is 13.2 Å². The Kier molecular flexibility index (Phi) is 4.45. The minimum absolute atomic E-state index is 0.248. The van der Waals surface area contributed by atoms with Crippen LogP contribution >= 0.6 is 0 Å². The maximum absolute atomic E-state index is 12.1. The number of nitrogens with one attached hydrogen (secondary N) is 2. The number of carbonyl (C=O) groups excluding carboxylic acids is 1. The molecule has 132 valence electrons. The van der Waals surface area contributed by atoms with Crippen molar-refractivity contribution in [2.45, 2.75) is 38.8 Å². The van der Waals surface area contributed by atoms with Gasteiger partial charge in [-0.05, 0) is 25.3 Å². The summed E-state index contributed by atoms with van der Waals surface area (Å²) in [5.74, 6) is 2.40. The fourth-order valence-electron chi connectivity index (χ4n) is 3.26. The molecule has 2 heterocycles. The Bertz CT molecular complexity index is 772. The highest BCUT2D eigenvalue weighted by molar-refractivity contribution is 5.74. The number of ether oxygens (including phenoxy) is 2. The monoisotopic (exact) mass is 343 g/mol. The van der Waals surface area contributed by atoms with E-state index in [9.17, 15) is 4.79 Å². The van der Waals surface area contributed by atoms with E-state index >= 15 is 0 Å². The molecular formula is C18H21N3O4. The zero-order valence-electron chi connectivity index (χ0n) is 14.0. The minimum Gasteiger partial charge on any atom is -0.486 e. The van der Waals surface area contributed by atoms with Gasteiger partial charge in [0.1, 0.15) is 24.7 Å². The molecule has 7 heteroatoms. The molecule has 1 aromatic carbocycles. The third-order valence-corrected chi connectivity index (χ3v) is 4.54. The first-order valence-corrected chi connectivity index (χ1v) is 8.67. The second-order valence-electron chi connectivity index (χ2n) is 6.22. The Balaban J connectivity index is 1.32. The summed E-state index contributed by atoms with van der Waals surface area (Å²) in [6, 6.07) is 5.43. The maximum atomic E-state index is 12.1. The molecule has 2 N–H and O–H groups in total. The van der Waals surface area contributed by atoms with E-state index in [1.54, 1.807) is 0 Å². The fraction of sp³-hybridized carbons (Fsp3) is 0.444. The normalized spacial score (nSPS) is 15.4. The van der Waals surface area contributed by atoms with Gasteiger partial charge in [-0.2, -0.15) is 0 Å².